The van der Waals surface area contributed by atoms with Gasteiger partial charge in [0.05, 0.1) is 22.3 Å². The van der Waals surface area contributed by atoms with Crippen molar-refractivity contribution in [1.82, 2.24) is 24.5 Å². The number of pyridine rings is 1. The van der Waals surface area contributed by atoms with E-state index >= 15 is 0 Å². The zero-order valence-electron chi connectivity index (χ0n) is 19.9. The molecular formula is C25H17F4N5O5. The van der Waals surface area contributed by atoms with Gasteiger partial charge in [-0.25, -0.2) is 18.6 Å². The summed E-state index contributed by atoms with van der Waals surface area (Å²) in [4.78, 5) is 30.1. The maximum atomic E-state index is 13.8. The van der Waals surface area contributed by atoms with Crippen LogP contribution in [0.3, 0.4) is 0 Å². The molecule has 2 aromatic carbocycles. The average molecular weight is 543 g/mol. The third kappa shape index (κ3) is 5.08. The predicted molar refractivity (Wildman–Crippen MR) is 130 cm³/mol. The van der Waals surface area contributed by atoms with Gasteiger partial charge >= 0.3 is 12.6 Å². The van der Waals surface area contributed by atoms with Crippen LogP contribution in [0, 0.1) is 0 Å². The molecule has 0 unspecified atom stereocenters. The fourth-order valence-corrected chi connectivity index (χ4v) is 4.03. The molecule has 0 fully saturated rings. The molecule has 0 aliphatic rings. The van der Waals surface area contributed by atoms with Gasteiger partial charge in [0.1, 0.15) is 16.8 Å². The maximum Gasteiger partial charge on any atom is 0.387 e. The van der Waals surface area contributed by atoms with Crippen LogP contribution >= 0.6 is 0 Å². The highest BCUT2D eigenvalue weighted by atomic mass is 19.3. The lowest BCUT2D eigenvalue weighted by molar-refractivity contribution is -0.0498. The Labute approximate surface area is 215 Å². The highest BCUT2D eigenvalue weighted by Crippen LogP contribution is 2.30. The van der Waals surface area contributed by atoms with Crippen LogP contribution in [0.5, 0.6) is 11.6 Å². The number of hydrogen-bond acceptors (Lipinski definition) is 7. The fraction of sp³-hybridized carbons (Fsp3) is 0.160. The number of hydrogen-bond donors (Lipinski definition) is 1. The van der Waals surface area contributed by atoms with Gasteiger partial charge in [0.2, 0.25) is 5.88 Å². The molecule has 1 N–H and O–H groups in total. The van der Waals surface area contributed by atoms with E-state index in [0.29, 0.717) is 10.9 Å². The van der Waals surface area contributed by atoms with E-state index in [4.69, 9.17) is 4.74 Å². The number of carboxylic acid groups (broad SMARTS) is 1. The molecule has 0 spiro atoms. The smallest absolute Gasteiger partial charge is 0.387 e. The quantitative estimate of drug-likeness (QED) is 0.288. The van der Waals surface area contributed by atoms with E-state index in [1.807, 2.05) is 0 Å². The lowest BCUT2D eigenvalue weighted by atomic mass is 10.0. The first kappa shape index (κ1) is 25.6. The van der Waals surface area contributed by atoms with E-state index in [2.05, 4.69) is 19.9 Å². The third-order valence-electron chi connectivity index (χ3n) is 5.62. The van der Waals surface area contributed by atoms with E-state index in [9.17, 15) is 32.3 Å². The molecule has 0 amide bonds. The van der Waals surface area contributed by atoms with E-state index < -0.39 is 42.6 Å². The van der Waals surface area contributed by atoms with E-state index in [1.165, 1.54) is 24.3 Å². The fourth-order valence-electron chi connectivity index (χ4n) is 4.03. The molecule has 3 heterocycles. The SMILES string of the molecule is Cn1cc2cc(-n3nc4c(C(=O)O)cc(OCC(F)F)nc4c(-c4ccc(OC(F)F)cc4)c3=O)ccc2n1. The Kier molecular flexibility index (Phi) is 6.60. The monoisotopic (exact) mass is 543 g/mol. The number of fused-ring (bicyclic) bond motifs is 2. The highest BCUT2D eigenvalue weighted by Gasteiger charge is 2.23. The van der Waals surface area contributed by atoms with Crippen molar-refractivity contribution in [2.24, 2.45) is 7.05 Å². The summed E-state index contributed by atoms with van der Waals surface area (Å²) in [7, 11) is 1.72. The van der Waals surface area contributed by atoms with Gasteiger partial charge in [-0.2, -0.15) is 23.7 Å². The van der Waals surface area contributed by atoms with Gasteiger partial charge in [-0.1, -0.05) is 12.1 Å². The van der Waals surface area contributed by atoms with Crippen LogP contribution in [-0.4, -0.2) is 55.3 Å². The summed E-state index contributed by atoms with van der Waals surface area (Å²) in [5.41, 5.74) is -0.789. The number of alkyl halides is 4. The van der Waals surface area contributed by atoms with Crippen molar-refractivity contribution in [3.8, 4) is 28.4 Å². The minimum absolute atomic E-state index is 0.153. The van der Waals surface area contributed by atoms with Gasteiger partial charge in [-0.05, 0) is 35.9 Å². The topological polar surface area (TPSA) is 121 Å². The number of nitrogens with zero attached hydrogens (tertiary/aromatic N) is 5. The minimum Gasteiger partial charge on any atom is -0.478 e. The van der Waals surface area contributed by atoms with Gasteiger partial charge in [-0.15, -0.1) is 0 Å². The molecule has 14 heteroatoms. The Morgan fingerprint density at radius 2 is 1.77 bits per heavy atom. The number of aromatic carboxylic acids is 1. The Hall–Kier alpha value is -5.01. The Morgan fingerprint density at radius 1 is 1.03 bits per heavy atom. The molecule has 0 aliphatic carbocycles. The van der Waals surface area contributed by atoms with E-state index in [1.54, 1.807) is 36.1 Å². The van der Waals surface area contributed by atoms with Crippen molar-refractivity contribution < 1.29 is 36.9 Å². The van der Waals surface area contributed by atoms with Crippen molar-refractivity contribution in [3.63, 3.8) is 0 Å². The third-order valence-corrected chi connectivity index (χ3v) is 5.62. The van der Waals surface area contributed by atoms with E-state index in [-0.39, 0.29) is 33.6 Å². The average Bonchev–Trinajstić information content (AvgIpc) is 3.26. The zero-order valence-corrected chi connectivity index (χ0v) is 19.9. The number of ether oxygens (including phenoxy) is 2. The summed E-state index contributed by atoms with van der Waals surface area (Å²) in [5, 5.41) is 19.1. The van der Waals surface area contributed by atoms with Crippen LogP contribution in [0.25, 0.3) is 38.8 Å². The second-order valence-corrected chi connectivity index (χ2v) is 8.25. The first-order chi connectivity index (χ1) is 18.6. The number of benzene rings is 2. The van der Waals surface area contributed by atoms with Crippen molar-refractivity contribution in [2.75, 3.05) is 6.61 Å². The first-order valence-corrected chi connectivity index (χ1v) is 11.2. The van der Waals surface area contributed by atoms with Crippen molar-refractivity contribution in [1.29, 1.82) is 0 Å². The molecule has 5 aromatic rings. The van der Waals surface area contributed by atoms with Gasteiger partial charge < -0.3 is 14.6 Å². The summed E-state index contributed by atoms with van der Waals surface area (Å²) >= 11 is 0. The van der Waals surface area contributed by atoms with Crippen LogP contribution in [0.4, 0.5) is 17.6 Å². The summed E-state index contributed by atoms with van der Waals surface area (Å²) in [6.45, 7) is -4.14. The first-order valence-electron chi connectivity index (χ1n) is 11.2. The molecule has 39 heavy (non-hydrogen) atoms. The van der Waals surface area contributed by atoms with Crippen LogP contribution in [0.2, 0.25) is 0 Å². The number of carbonyl (C=O) groups is 1. The molecular weight excluding hydrogens is 526 g/mol. The molecule has 10 nitrogen and oxygen atoms in total. The largest absolute Gasteiger partial charge is 0.478 e. The van der Waals surface area contributed by atoms with Gasteiger partial charge in [-0.3, -0.25) is 9.48 Å². The maximum absolute atomic E-state index is 13.8. The van der Waals surface area contributed by atoms with Crippen LogP contribution < -0.4 is 15.0 Å². The molecule has 0 atom stereocenters. The van der Waals surface area contributed by atoms with Crippen molar-refractivity contribution in [3.05, 3.63) is 70.6 Å². The highest BCUT2D eigenvalue weighted by molar-refractivity contribution is 6.04. The Balaban J connectivity index is 1.80. The summed E-state index contributed by atoms with van der Waals surface area (Å²) in [6, 6.07) is 10.8. The van der Waals surface area contributed by atoms with Gasteiger partial charge in [0.15, 0.2) is 6.61 Å². The molecule has 0 radical (unpaired) electrons. The Morgan fingerprint density at radius 3 is 2.44 bits per heavy atom. The summed E-state index contributed by atoms with van der Waals surface area (Å²) in [5.74, 6) is -2.12. The normalized spacial score (nSPS) is 11.6. The molecule has 0 saturated heterocycles. The van der Waals surface area contributed by atoms with Gasteiger partial charge in [0, 0.05) is 24.7 Å². The lowest BCUT2D eigenvalue weighted by Gasteiger charge is -2.14. The van der Waals surface area contributed by atoms with Crippen molar-refractivity contribution in [2.45, 2.75) is 13.0 Å². The number of aryl methyl sites for hydroxylation is 1. The number of halogens is 4. The lowest BCUT2D eigenvalue weighted by Crippen LogP contribution is -2.24. The Bertz CT molecular complexity index is 1770. The molecule has 0 aliphatic heterocycles. The summed E-state index contributed by atoms with van der Waals surface area (Å²) in [6.07, 6.45) is -1.16. The molecule has 200 valence electrons. The number of carboxylic acids is 1. The van der Waals surface area contributed by atoms with Crippen LogP contribution in [0.1, 0.15) is 10.4 Å². The second kappa shape index (κ2) is 10.0. The number of aromatic nitrogens is 5. The number of rotatable bonds is 8. The summed E-state index contributed by atoms with van der Waals surface area (Å²) < 4.78 is 62.7. The second-order valence-electron chi connectivity index (χ2n) is 8.25. The standard InChI is InChI=1S/C25H17F4N5O5/c1-33-10-13-8-14(4-7-17(13)31-33)34-23(35)20(12-2-5-15(6-3-12)39-25(28)29)22-21(32-34)16(24(36)37)9-19(30-22)38-11-18(26)27/h2-10,18,25H,11H2,1H3,(H,36,37). The molecule has 0 bridgehead atoms. The molecule has 3 aromatic heterocycles. The minimum atomic E-state index is -3.08. The molecule has 0 saturated carbocycles. The predicted octanol–water partition coefficient (Wildman–Crippen LogP) is 4.28. The van der Waals surface area contributed by atoms with Crippen LogP contribution in [-0.2, 0) is 7.05 Å². The van der Waals surface area contributed by atoms with Crippen LogP contribution in [0.15, 0.2) is 59.5 Å². The van der Waals surface area contributed by atoms with Gasteiger partial charge in [0.25, 0.3) is 12.0 Å². The van der Waals surface area contributed by atoms with Crippen molar-refractivity contribution >= 4 is 27.9 Å². The molecule has 5 rings (SSSR count). The van der Waals surface area contributed by atoms with E-state index in [0.717, 1.165) is 10.7 Å². The zero-order chi connectivity index (χ0) is 27.8.